The third-order valence-electron chi connectivity index (χ3n) is 5.06. The van der Waals surface area contributed by atoms with E-state index in [0.29, 0.717) is 18.5 Å². The Balaban J connectivity index is 1.73. The Kier molecular flexibility index (Phi) is 5.97. The zero-order valence-corrected chi connectivity index (χ0v) is 15.7. The van der Waals surface area contributed by atoms with E-state index in [4.69, 9.17) is 4.74 Å². The van der Waals surface area contributed by atoms with Crippen LogP contribution < -0.4 is 10.1 Å². The van der Waals surface area contributed by atoms with Crippen LogP contribution in [0.3, 0.4) is 0 Å². The van der Waals surface area contributed by atoms with Gasteiger partial charge in [0.25, 0.3) is 0 Å². The second kappa shape index (κ2) is 8.19. The van der Waals surface area contributed by atoms with Crippen LogP contribution in [0.1, 0.15) is 38.3 Å². The fraction of sp³-hybridized carbons (Fsp3) is 0.650. The van der Waals surface area contributed by atoms with Gasteiger partial charge in [-0.05, 0) is 24.8 Å². The molecule has 0 radical (unpaired) electrons. The molecule has 5 nitrogen and oxygen atoms in total. The molecule has 1 aromatic carbocycles. The minimum atomic E-state index is 0.175. The molecule has 1 unspecified atom stereocenters. The zero-order valence-electron chi connectivity index (χ0n) is 15.7. The van der Waals surface area contributed by atoms with E-state index in [1.807, 2.05) is 18.2 Å². The third-order valence-corrected chi connectivity index (χ3v) is 5.06. The van der Waals surface area contributed by atoms with E-state index in [0.717, 1.165) is 50.3 Å². The SMILES string of the molecule is COc1ccccc1C1CNCCN1CC(=O)N(CC(C)C)C1CC1. The Morgan fingerprint density at radius 2 is 2.12 bits per heavy atom. The predicted octanol–water partition coefficient (Wildman–Crippen LogP) is 2.29. The van der Waals surface area contributed by atoms with Gasteiger partial charge in [0, 0.05) is 37.8 Å². The lowest BCUT2D eigenvalue weighted by atomic mass is 10.0. The molecule has 1 atom stereocenters. The summed E-state index contributed by atoms with van der Waals surface area (Å²) in [4.78, 5) is 17.4. The van der Waals surface area contributed by atoms with Crippen LogP contribution in [-0.2, 0) is 4.79 Å². The summed E-state index contributed by atoms with van der Waals surface area (Å²) >= 11 is 0. The highest BCUT2D eigenvalue weighted by Gasteiger charge is 2.35. The number of rotatable bonds is 7. The topological polar surface area (TPSA) is 44.8 Å². The predicted molar refractivity (Wildman–Crippen MR) is 99.8 cm³/mol. The van der Waals surface area contributed by atoms with Crippen molar-refractivity contribution >= 4 is 5.91 Å². The molecule has 1 aliphatic carbocycles. The average Bonchev–Trinajstić information content (AvgIpc) is 3.45. The lowest BCUT2D eigenvalue weighted by molar-refractivity contribution is -0.134. The summed E-state index contributed by atoms with van der Waals surface area (Å²) in [5.74, 6) is 1.69. The molecule has 0 bridgehead atoms. The standard InChI is InChI=1S/C20H31N3O2/c1-15(2)13-23(16-8-9-16)20(24)14-22-11-10-21-12-18(22)17-6-4-5-7-19(17)25-3/h4-7,15-16,18,21H,8-14H2,1-3H3. The first kappa shape index (κ1) is 18.2. The Morgan fingerprint density at radius 1 is 1.36 bits per heavy atom. The van der Waals surface area contributed by atoms with E-state index < -0.39 is 0 Å². The van der Waals surface area contributed by atoms with Gasteiger partial charge in [-0.3, -0.25) is 9.69 Å². The largest absolute Gasteiger partial charge is 0.496 e. The van der Waals surface area contributed by atoms with Crippen molar-refractivity contribution in [2.75, 3.05) is 39.8 Å². The number of ether oxygens (including phenoxy) is 1. The minimum absolute atomic E-state index is 0.175. The molecule has 138 valence electrons. The van der Waals surface area contributed by atoms with Gasteiger partial charge in [0.1, 0.15) is 5.75 Å². The molecular weight excluding hydrogens is 314 g/mol. The number of nitrogens with zero attached hydrogens (tertiary/aromatic N) is 2. The monoisotopic (exact) mass is 345 g/mol. The fourth-order valence-electron chi connectivity index (χ4n) is 3.68. The highest BCUT2D eigenvalue weighted by atomic mass is 16.5. The van der Waals surface area contributed by atoms with Crippen LogP contribution in [0, 0.1) is 5.92 Å². The van der Waals surface area contributed by atoms with Crippen LogP contribution in [0.5, 0.6) is 5.75 Å². The summed E-state index contributed by atoms with van der Waals surface area (Å²) in [6, 6.07) is 8.80. The van der Waals surface area contributed by atoms with Gasteiger partial charge in [0.2, 0.25) is 5.91 Å². The van der Waals surface area contributed by atoms with Crippen LogP contribution >= 0.6 is 0 Å². The Hall–Kier alpha value is -1.59. The first-order chi connectivity index (χ1) is 12.1. The molecule has 0 aromatic heterocycles. The summed E-state index contributed by atoms with van der Waals surface area (Å²) in [5, 5.41) is 3.46. The molecule has 3 rings (SSSR count). The molecule has 5 heteroatoms. The number of hydrogen-bond donors (Lipinski definition) is 1. The second-order valence-corrected chi connectivity index (χ2v) is 7.60. The Morgan fingerprint density at radius 3 is 2.80 bits per heavy atom. The van der Waals surface area contributed by atoms with Crippen LogP contribution in [0.15, 0.2) is 24.3 Å². The summed E-state index contributed by atoms with van der Waals surface area (Å²) < 4.78 is 5.55. The number of methoxy groups -OCH3 is 1. The van der Waals surface area contributed by atoms with Gasteiger partial charge in [-0.2, -0.15) is 0 Å². The molecule has 1 aromatic rings. The van der Waals surface area contributed by atoms with E-state index >= 15 is 0 Å². The molecule has 2 aliphatic rings. The quantitative estimate of drug-likeness (QED) is 0.824. The molecule has 2 fully saturated rings. The molecule has 1 N–H and O–H groups in total. The molecule has 1 amide bonds. The number of piperazine rings is 1. The van der Waals surface area contributed by atoms with Gasteiger partial charge in [-0.25, -0.2) is 0 Å². The number of amides is 1. The normalized spacial score (nSPS) is 21.4. The second-order valence-electron chi connectivity index (χ2n) is 7.60. The van der Waals surface area contributed by atoms with Crippen molar-refractivity contribution in [1.29, 1.82) is 0 Å². The first-order valence-electron chi connectivity index (χ1n) is 9.47. The van der Waals surface area contributed by atoms with Crippen LogP contribution in [-0.4, -0.2) is 61.6 Å². The van der Waals surface area contributed by atoms with E-state index in [-0.39, 0.29) is 11.9 Å². The van der Waals surface area contributed by atoms with Crippen molar-refractivity contribution in [3.05, 3.63) is 29.8 Å². The first-order valence-corrected chi connectivity index (χ1v) is 9.47. The maximum Gasteiger partial charge on any atom is 0.237 e. The summed E-state index contributed by atoms with van der Waals surface area (Å²) in [7, 11) is 1.71. The lowest BCUT2D eigenvalue weighted by Gasteiger charge is -2.38. The number of carbonyl (C=O) groups excluding carboxylic acids is 1. The third kappa shape index (κ3) is 4.53. The van der Waals surface area contributed by atoms with Crippen LogP contribution in [0.4, 0.5) is 0 Å². The lowest BCUT2D eigenvalue weighted by Crippen LogP contribution is -2.51. The smallest absolute Gasteiger partial charge is 0.237 e. The van der Waals surface area contributed by atoms with Crippen molar-refractivity contribution in [1.82, 2.24) is 15.1 Å². The van der Waals surface area contributed by atoms with Gasteiger partial charge in [-0.1, -0.05) is 32.0 Å². The Bertz CT molecular complexity index is 586. The minimum Gasteiger partial charge on any atom is -0.496 e. The molecule has 1 aliphatic heterocycles. The van der Waals surface area contributed by atoms with E-state index in [1.54, 1.807) is 7.11 Å². The maximum absolute atomic E-state index is 13.0. The molecule has 0 spiro atoms. The van der Waals surface area contributed by atoms with Crippen LogP contribution in [0.25, 0.3) is 0 Å². The molecule has 1 heterocycles. The number of carbonyl (C=O) groups is 1. The summed E-state index contributed by atoms with van der Waals surface area (Å²) in [5.41, 5.74) is 1.16. The van der Waals surface area contributed by atoms with Crippen LogP contribution in [0.2, 0.25) is 0 Å². The van der Waals surface area contributed by atoms with Gasteiger partial charge in [0.05, 0.1) is 19.7 Å². The average molecular weight is 345 g/mol. The number of benzene rings is 1. The van der Waals surface area contributed by atoms with Gasteiger partial charge in [0.15, 0.2) is 0 Å². The molecule has 1 saturated carbocycles. The number of para-hydroxylation sites is 1. The molecular formula is C20H31N3O2. The van der Waals surface area contributed by atoms with Crippen molar-refractivity contribution in [3.8, 4) is 5.75 Å². The fourth-order valence-corrected chi connectivity index (χ4v) is 3.68. The highest BCUT2D eigenvalue weighted by Crippen LogP contribution is 2.31. The zero-order chi connectivity index (χ0) is 17.8. The van der Waals surface area contributed by atoms with Crippen molar-refractivity contribution in [2.45, 2.75) is 38.8 Å². The highest BCUT2D eigenvalue weighted by molar-refractivity contribution is 5.79. The van der Waals surface area contributed by atoms with Gasteiger partial charge in [-0.15, -0.1) is 0 Å². The summed E-state index contributed by atoms with van der Waals surface area (Å²) in [6.45, 7) is 8.39. The number of nitrogens with one attached hydrogen (secondary N) is 1. The number of hydrogen-bond acceptors (Lipinski definition) is 4. The molecule has 25 heavy (non-hydrogen) atoms. The van der Waals surface area contributed by atoms with E-state index in [1.165, 1.54) is 0 Å². The van der Waals surface area contributed by atoms with Gasteiger partial charge >= 0.3 is 0 Å². The van der Waals surface area contributed by atoms with E-state index in [2.05, 4.69) is 35.0 Å². The van der Waals surface area contributed by atoms with Crippen molar-refractivity contribution < 1.29 is 9.53 Å². The Labute approximate surface area is 151 Å². The maximum atomic E-state index is 13.0. The van der Waals surface area contributed by atoms with Gasteiger partial charge < -0.3 is 15.0 Å². The molecule has 1 saturated heterocycles. The van der Waals surface area contributed by atoms with Crippen molar-refractivity contribution in [2.24, 2.45) is 5.92 Å². The van der Waals surface area contributed by atoms with E-state index in [9.17, 15) is 4.79 Å². The van der Waals surface area contributed by atoms with Crippen molar-refractivity contribution in [3.63, 3.8) is 0 Å². The summed E-state index contributed by atoms with van der Waals surface area (Å²) in [6.07, 6.45) is 2.33.